The SMILES string of the molecule is NCCC(=O)n1cnc(C[C@H](N)C(=O)[O-])c1.NCCC(=O)n1cnc(C[C@H](N)C(=O)[O-])c1.[Zn+2]. The van der Waals surface area contributed by atoms with Gasteiger partial charge >= 0.3 is 19.5 Å². The second kappa shape index (κ2) is 15.1. The summed E-state index contributed by atoms with van der Waals surface area (Å²) in [7, 11) is 0. The van der Waals surface area contributed by atoms with Crippen molar-refractivity contribution < 1.29 is 48.9 Å². The summed E-state index contributed by atoms with van der Waals surface area (Å²) in [4.78, 5) is 51.3. The quantitative estimate of drug-likeness (QED) is 0.217. The Kier molecular flexibility index (Phi) is 13.8. The number of carboxylic acid groups (broad SMARTS) is 2. The fourth-order valence-corrected chi connectivity index (χ4v) is 2.33. The monoisotopic (exact) mass is 514 g/mol. The molecule has 2 rings (SSSR count). The minimum atomic E-state index is -1.34. The molecule has 0 saturated heterocycles. The standard InChI is InChI=1S/2C9H14N4O3.Zn/c2*10-2-1-8(14)13-4-6(12-5-13)3-7(11)9(15)16;/h2*4-5,7H,1-3,10-11H2,(H,15,16);/q;;+2/p-2/t2*7-;/m00./s1. The molecule has 33 heavy (non-hydrogen) atoms. The van der Waals surface area contributed by atoms with Crippen molar-refractivity contribution in [3.63, 3.8) is 0 Å². The van der Waals surface area contributed by atoms with Gasteiger partial charge in [-0.1, -0.05) is 0 Å². The number of nitrogens with two attached hydrogens (primary N) is 4. The van der Waals surface area contributed by atoms with Crippen LogP contribution >= 0.6 is 0 Å². The maximum Gasteiger partial charge on any atom is 2.00 e. The third kappa shape index (κ3) is 10.5. The van der Waals surface area contributed by atoms with Crippen molar-refractivity contribution in [3.8, 4) is 0 Å². The zero-order valence-electron chi connectivity index (χ0n) is 18.0. The second-order valence-corrected chi connectivity index (χ2v) is 6.67. The number of imidazole rings is 2. The van der Waals surface area contributed by atoms with E-state index in [1.165, 1.54) is 34.2 Å². The number of carboxylic acids is 2. The Morgan fingerprint density at radius 3 is 1.39 bits per heavy atom. The third-order valence-electron chi connectivity index (χ3n) is 4.03. The van der Waals surface area contributed by atoms with Crippen LogP contribution in [0.1, 0.15) is 33.8 Å². The predicted molar refractivity (Wildman–Crippen MR) is 106 cm³/mol. The van der Waals surface area contributed by atoms with E-state index in [-0.39, 0.29) is 70.1 Å². The molecule has 2 aromatic rings. The molecule has 0 spiro atoms. The average Bonchev–Trinajstić information content (AvgIpc) is 3.38. The molecule has 0 aromatic carbocycles. The molecule has 0 radical (unpaired) electrons. The van der Waals surface area contributed by atoms with Crippen molar-refractivity contribution in [3.05, 3.63) is 36.4 Å². The first-order chi connectivity index (χ1) is 15.1. The Morgan fingerprint density at radius 2 is 1.12 bits per heavy atom. The Balaban J connectivity index is 0.000000602. The van der Waals surface area contributed by atoms with Crippen LogP contribution in [0.2, 0.25) is 0 Å². The summed E-state index contributed by atoms with van der Waals surface area (Å²) in [6, 6.07) is -2.24. The van der Waals surface area contributed by atoms with Gasteiger partial charge in [0.1, 0.15) is 12.7 Å². The van der Waals surface area contributed by atoms with Crippen molar-refractivity contribution in [2.75, 3.05) is 13.1 Å². The normalized spacial score (nSPS) is 12.0. The maximum atomic E-state index is 11.4. The van der Waals surface area contributed by atoms with E-state index in [0.29, 0.717) is 11.4 Å². The van der Waals surface area contributed by atoms with Crippen molar-refractivity contribution in [1.29, 1.82) is 0 Å². The van der Waals surface area contributed by atoms with Gasteiger partial charge < -0.3 is 42.7 Å². The fourth-order valence-electron chi connectivity index (χ4n) is 2.33. The summed E-state index contributed by atoms with van der Waals surface area (Å²) in [6.07, 6.45) is 6.01. The largest absolute Gasteiger partial charge is 2.00 e. The predicted octanol–water partition coefficient (Wildman–Crippen LogP) is -5.02. The van der Waals surface area contributed by atoms with Crippen molar-refractivity contribution in [1.82, 2.24) is 19.1 Å². The summed E-state index contributed by atoms with van der Waals surface area (Å²) in [5.74, 6) is -3.07. The van der Waals surface area contributed by atoms with E-state index in [4.69, 9.17) is 22.9 Å². The molecule has 0 amide bonds. The van der Waals surface area contributed by atoms with Crippen LogP contribution in [0.4, 0.5) is 0 Å². The minimum Gasteiger partial charge on any atom is -0.548 e. The minimum absolute atomic E-state index is 0. The number of carbonyl (C=O) groups excluding carboxylic acids is 4. The van der Waals surface area contributed by atoms with Crippen LogP contribution in [-0.2, 0) is 41.9 Å². The summed E-state index contributed by atoms with van der Waals surface area (Å²) in [5, 5.41) is 20.8. The molecule has 0 aliphatic carbocycles. The van der Waals surface area contributed by atoms with E-state index < -0.39 is 24.0 Å². The van der Waals surface area contributed by atoms with Crippen LogP contribution < -0.4 is 33.1 Å². The third-order valence-corrected chi connectivity index (χ3v) is 4.03. The number of nitrogens with zero attached hydrogens (tertiary/aromatic N) is 4. The van der Waals surface area contributed by atoms with E-state index in [1.807, 2.05) is 0 Å². The Labute approximate surface area is 202 Å². The molecular formula is C18H26N8O6Zn. The molecule has 0 unspecified atom stereocenters. The second-order valence-electron chi connectivity index (χ2n) is 6.67. The van der Waals surface area contributed by atoms with E-state index in [2.05, 4.69) is 9.97 Å². The average molecular weight is 516 g/mol. The Hall–Kier alpha value is -2.84. The number of carbonyl (C=O) groups is 4. The summed E-state index contributed by atoms with van der Waals surface area (Å²) < 4.78 is 2.54. The first kappa shape index (κ1) is 30.2. The van der Waals surface area contributed by atoms with Crippen molar-refractivity contribution >= 4 is 23.8 Å². The van der Waals surface area contributed by atoms with Crippen LogP contribution in [0, 0.1) is 0 Å². The zero-order chi connectivity index (χ0) is 24.3. The van der Waals surface area contributed by atoms with Gasteiger partial charge in [0, 0.05) is 63.3 Å². The molecule has 14 nitrogen and oxygen atoms in total. The van der Waals surface area contributed by atoms with Crippen LogP contribution in [0.3, 0.4) is 0 Å². The van der Waals surface area contributed by atoms with Gasteiger partial charge in [0.25, 0.3) is 0 Å². The number of aliphatic carboxylic acids is 2. The topological polar surface area (TPSA) is 254 Å². The van der Waals surface area contributed by atoms with Gasteiger partial charge in [-0.15, -0.1) is 0 Å². The summed E-state index contributed by atoms with van der Waals surface area (Å²) in [6.45, 7) is 0.510. The molecule has 8 N–H and O–H groups in total. The van der Waals surface area contributed by atoms with Crippen LogP contribution in [0.25, 0.3) is 0 Å². The molecule has 2 atom stereocenters. The van der Waals surface area contributed by atoms with E-state index in [9.17, 15) is 29.4 Å². The van der Waals surface area contributed by atoms with Gasteiger partial charge in [0.15, 0.2) is 0 Å². The fraction of sp³-hybridized carbons (Fsp3) is 0.444. The van der Waals surface area contributed by atoms with Gasteiger partial charge in [-0.3, -0.25) is 18.7 Å². The van der Waals surface area contributed by atoms with E-state index >= 15 is 0 Å². The van der Waals surface area contributed by atoms with Crippen LogP contribution in [0.15, 0.2) is 25.0 Å². The summed E-state index contributed by atoms with van der Waals surface area (Å²) in [5.41, 5.74) is 21.9. The smallest absolute Gasteiger partial charge is 0.548 e. The molecule has 0 bridgehead atoms. The first-order valence-electron chi connectivity index (χ1n) is 9.54. The number of hydrogen-bond acceptors (Lipinski definition) is 12. The molecule has 0 saturated carbocycles. The van der Waals surface area contributed by atoms with Gasteiger partial charge in [-0.2, -0.15) is 0 Å². The van der Waals surface area contributed by atoms with Gasteiger partial charge in [0.05, 0.1) is 23.3 Å². The van der Waals surface area contributed by atoms with E-state index in [0.717, 1.165) is 0 Å². The maximum absolute atomic E-state index is 11.4. The van der Waals surface area contributed by atoms with Gasteiger partial charge in [-0.05, 0) is 0 Å². The van der Waals surface area contributed by atoms with Crippen molar-refractivity contribution in [2.24, 2.45) is 22.9 Å². The molecule has 0 aliphatic rings. The Bertz CT molecular complexity index is 856. The molecular weight excluding hydrogens is 490 g/mol. The van der Waals surface area contributed by atoms with Crippen LogP contribution in [0.5, 0.6) is 0 Å². The Morgan fingerprint density at radius 1 is 0.788 bits per heavy atom. The molecule has 15 heteroatoms. The van der Waals surface area contributed by atoms with Gasteiger partial charge in [0.2, 0.25) is 11.8 Å². The molecule has 176 valence electrons. The first-order valence-corrected chi connectivity index (χ1v) is 9.54. The van der Waals surface area contributed by atoms with Gasteiger partial charge in [-0.25, -0.2) is 9.97 Å². The molecule has 2 aromatic heterocycles. The molecule has 0 fully saturated rings. The number of hydrogen-bond donors (Lipinski definition) is 4. The molecule has 0 aliphatic heterocycles. The number of aromatic nitrogens is 4. The van der Waals surface area contributed by atoms with Crippen molar-refractivity contribution in [2.45, 2.75) is 37.8 Å². The number of rotatable bonds is 10. The summed E-state index contributed by atoms with van der Waals surface area (Å²) >= 11 is 0. The van der Waals surface area contributed by atoms with Crippen LogP contribution in [-0.4, -0.2) is 68.0 Å². The zero-order valence-corrected chi connectivity index (χ0v) is 20.9. The molecule has 2 heterocycles. The van der Waals surface area contributed by atoms with E-state index in [1.54, 1.807) is 0 Å².